The van der Waals surface area contributed by atoms with Gasteiger partial charge in [-0.15, -0.1) is 0 Å². The molecule has 20 heavy (non-hydrogen) atoms. The highest BCUT2D eigenvalue weighted by Crippen LogP contribution is 2.15. The molecule has 1 fully saturated rings. The van der Waals surface area contributed by atoms with Gasteiger partial charge in [-0.3, -0.25) is 4.90 Å². The summed E-state index contributed by atoms with van der Waals surface area (Å²) < 4.78 is 11.0. The molecule has 0 aromatic heterocycles. The van der Waals surface area contributed by atoms with Crippen LogP contribution in [-0.2, 0) is 4.74 Å². The lowest BCUT2D eigenvalue weighted by atomic mass is 10.1. The number of carboxylic acids is 1. The van der Waals surface area contributed by atoms with Gasteiger partial charge in [-0.2, -0.15) is 0 Å². The Morgan fingerprint density at radius 1 is 1.50 bits per heavy atom. The monoisotopic (exact) mass is 279 g/mol. The van der Waals surface area contributed by atoms with E-state index in [-0.39, 0.29) is 5.56 Å². The number of rotatable bonds is 6. The van der Waals surface area contributed by atoms with E-state index in [9.17, 15) is 4.79 Å². The lowest BCUT2D eigenvalue weighted by Crippen LogP contribution is -2.41. The van der Waals surface area contributed by atoms with Crippen LogP contribution in [0.25, 0.3) is 0 Å². The van der Waals surface area contributed by atoms with Crippen LogP contribution >= 0.6 is 0 Å². The maximum absolute atomic E-state index is 10.9. The zero-order valence-electron chi connectivity index (χ0n) is 11.7. The fourth-order valence-corrected chi connectivity index (χ4v) is 2.42. The Balaban J connectivity index is 1.78. The van der Waals surface area contributed by atoms with Gasteiger partial charge in [-0.25, -0.2) is 4.79 Å². The molecule has 1 unspecified atom stereocenters. The second kappa shape index (κ2) is 7.26. The third kappa shape index (κ3) is 4.21. The van der Waals surface area contributed by atoms with Crippen LogP contribution in [0.4, 0.5) is 0 Å². The van der Waals surface area contributed by atoms with Gasteiger partial charge in [-0.05, 0) is 37.6 Å². The average molecular weight is 279 g/mol. The van der Waals surface area contributed by atoms with Crippen molar-refractivity contribution < 1.29 is 19.4 Å². The first-order valence-corrected chi connectivity index (χ1v) is 6.90. The van der Waals surface area contributed by atoms with Crippen LogP contribution in [0.3, 0.4) is 0 Å². The molecule has 1 saturated heterocycles. The van der Waals surface area contributed by atoms with Crippen LogP contribution in [0.1, 0.15) is 23.2 Å². The second-order valence-corrected chi connectivity index (χ2v) is 4.98. The van der Waals surface area contributed by atoms with Crippen LogP contribution in [0, 0.1) is 0 Å². The number of ether oxygens (including phenoxy) is 2. The first-order valence-electron chi connectivity index (χ1n) is 6.90. The summed E-state index contributed by atoms with van der Waals surface area (Å²) in [5.41, 5.74) is 0.250. The molecule has 110 valence electrons. The molecule has 1 atom stereocenters. The van der Waals surface area contributed by atoms with Gasteiger partial charge in [0.15, 0.2) is 0 Å². The molecule has 5 heteroatoms. The number of piperidine rings is 1. The molecule has 0 bridgehead atoms. The molecule has 1 heterocycles. The summed E-state index contributed by atoms with van der Waals surface area (Å²) in [4.78, 5) is 13.2. The number of hydrogen-bond acceptors (Lipinski definition) is 4. The van der Waals surface area contributed by atoms with E-state index in [1.54, 1.807) is 31.4 Å². The van der Waals surface area contributed by atoms with Crippen molar-refractivity contribution in [1.29, 1.82) is 0 Å². The van der Waals surface area contributed by atoms with E-state index < -0.39 is 5.97 Å². The molecule has 0 aliphatic carbocycles. The fraction of sp³-hybridized carbons (Fsp3) is 0.533. The maximum atomic E-state index is 10.9. The van der Waals surface area contributed by atoms with E-state index >= 15 is 0 Å². The minimum Gasteiger partial charge on any atom is -0.492 e. The summed E-state index contributed by atoms with van der Waals surface area (Å²) >= 11 is 0. The summed E-state index contributed by atoms with van der Waals surface area (Å²) in [6.07, 6.45) is 2.58. The Hall–Kier alpha value is -1.59. The molecular formula is C15H21NO4. The highest BCUT2D eigenvalue weighted by Gasteiger charge is 2.18. The average Bonchev–Trinajstić information content (AvgIpc) is 2.48. The first kappa shape index (κ1) is 14.8. The Kier molecular flexibility index (Phi) is 5.38. The third-order valence-electron chi connectivity index (χ3n) is 3.55. The maximum Gasteiger partial charge on any atom is 0.335 e. The molecule has 0 saturated carbocycles. The van der Waals surface area contributed by atoms with Crippen molar-refractivity contribution in [2.24, 2.45) is 0 Å². The van der Waals surface area contributed by atoms with Crippen molar-refractivity contribution in [2.45, 2.75) is 18.9 Å². The molecule has 2 rings (SSSR count). The molecule has 0 spiro atoms. The normalized spacial score (nSPS) is 19.8. The number of carbonyl (C=O) groups is 1. The van der Waals surface area contributed by atoms with Gasteiger partial charge < -0.3 is 14.6 Å². The number of benzene rings is 1. The molecule has 0 amide bonds. The topological polar surface area (TPSA) is 59.0 Å². The lowest BCUT2D eigenvalue weighted by molar-refractivity contribution is 0.0271. The van der Waals surface area contributed by atoms with Crippen molar-refractivity contribution in [3.8, 4) is 5.75 Å². The van der Waals surface area contributed by atoms with E-state index in [1.807, 2.05) is 0 Å². The van der Waals surface area contributed by atoms with Gasteiger partial charge in [0.05, 0.1) is 11.7 Å². The summed E-state index contributed by atoms with van der Waals surface area (Å²) in [7, 11) is 1.75. The van der Waals surface area contributed by atoms with E-state index in [1.165, 1.54) is 0 Å². The van der Waals surface area contributed by atoms with E-state index in [0.717, 1.165) is 32.5 Å². The molecule has 1 aromatic rings. The van der Waals surface area contributed by atoms with Crippen molar-refractivity contribution in [3.63, 3.8) is 0 Å². The van der Waals surface area contributed by atoms with Crippen LogP contribution < -0.4 is 4.74 Å². The van der Waals surface area contributed by atoms with Crippen molar-refractivity contribution in [3.05, 3.63) is 29.8 Å². The number of methoxy groups -OCH3 is 1. The van der Waals surface area contributed by atoms with Gasteiger partial charge in [0, 0.05) is 20.2 Å². The Bertz CT molecular complexity index is 449. The molecule has 1 aromatic carbocycles. The second-order valence-electron chi connectivity index (χ2n) is 4.98. The Morgan fingerprint density at radius 3 is 3.10 bits per heavy atom. The molecular weight excluding hydrogens is 258 g/mol. The predicted molar refractivity (Wildman–Crippen MR) is 75.4 cm³/mol. The predicted octanol–water partition coefficient (Wildman–Crippen LogP) is 1.87. The number of likely N-dealkylation sites (tertiary alicyclic amines) is 1. The molecule has 0 radical (unpaired) electrons. The number of nitrogens with zero attached hydrogens (tertiary/aromatic N) is 1. The first-order chi connectivity index (χ1) is 9.69. The molecule has 1 N–H and O–H groups in total. The number of carboxylic acid groups (broad SMARTS) is 1. The minimum absolute atomic E-state index is 0.250. The van der Waals surface area contributed by atoms with Crippen molar-refractivity contribution >= 4 is 5.97 Å². The van der Waals surface area contributed by atoms with Gasteiger partial charge in [0.1, 0.15) is 12.4 Å². The van der Waals surface area contributed by atoms with E-state index in [2.05, 4.69) is 4.90 Å². The summed E-state index contributed by atoms with van der Waals surface area (Å²) in [5.74, 6) is -0.334. The van der Waals surface area contributed by atoms with Gasteiger partial charge in [0.25, 0.3) is 0 Å². The fourth-order valence-electron chi connectivity index (χ4n) is 2.42. The summed E-state index contributed by atoms with van der Waals surface area (Å²) in [5, 5.41) is 8.92. The highest BCUT2D eigenvalue weighted by atomic mass is 16.5. The molecule has 1 aliphatic heterocycles. The standard InChI is InChI=1S/C15H21NO4/c1-19-14-6-3-7-16(11-14)8-9-20-13-5-2-4-12(10-13)15(17)18/h2,4-5,10,14H,3,6-9,11H2,1H3,(H,17,18). The lowest BCUT2D eigenvalue weighted by Gasteiger charge is -2.31. The van der Waals surface area contributed by atoms with Gasteiger partial charge in [0.2, 0.25) is 0 Å². The van der Waals surface area contributed by atoms with E-state index in [0.29, 0.717) is 18.5 Å². The SMILES string of the molecule is COC1CCCN(CCOc2cccc(C(=O)O)c2)C1. The van der Waals surface area contributed by atoms with Crippen molar-refractivity contribution in [2.75, 3.05) is 33.4 Å². The smallest absolute Gasteiger partial charge is 0.335 e. The Morgan fingerprint density at radius 2 is 2.35 bits per heavy atom. The summed E-state index contributed by atoms with van der Waals surface area (Å²) in [6.45, 7) is 3.39. The minimum atomic E-state index is -0.936. The largest absolute Gasteiger partial charge is 0.492 e. The Labute approximate surface area is 119 Å². The molecule has 5 nitrogen and oxygen atoms in total. The summed E-state index contributed by atoms with van der Waals surface area (Å²) in [6, 6.07) is 6.58. The van der Waals surface area contributed by atoms with Crippen LogP contribution in [-0.4, -0.2) is 55.4 Å². The van der Waals surface area contributed by atoms with Gasteiger partial charge in [-0.1, -0.05) is 6.07 Å². The number of hydrogen-bond donors (Lipinski definition) is 1. The zero-order valence-corrected chi connectivity index (χ0v) is 11.7. The highest BCUT2D eigenvalue weighted by molar-refractivity contribution is 5.87. The van der Waals surface area contributed by atoms with Crippen LogP contribution in [0.15, 0.2) is 24.3 Å². The van der Waals surface area contributed by atoms with Crippen LogP contribution in [0.5, 0.6) is 5.75 Å². The van der Waals surface area contributed by atoms with Crippen molar-refractivity contribution in [1.82, 2.24) is 4.90 Å². The number of aromatic carboxylic acids is 1. The van der Waals surface area contributed by atoms with Crippen LogP contribution in [0.2, 0.25) is 0 Å². The van der Waals surface area contributed by atoms with Gasteiger partial charge >= 0.3 is 5.97 Å². The zero-order chi connectivity index (χ0) is 14.4. The molecule has 1 aliphatic rings. The van der Waals surface area contributed by atoms with E-state index in [4.69, 9.17) is 14.6 Å². The quantitative estimate of drug-likeness (QED) is 0.861. The third-order valence-corrected chi connectivity index (χ3v) is 3.55.